The summed E-state index contributed by atoms with van der Waals surface area (Å²) in [4.78, 5) is 0. The molecule has 0 bridgehead atoms. The van der Waals surface area contributed by atoms with E-state index in [1.165, 1.54) is 31.2 Å². The van der Waals surface area contributed by atoms with Crippen LogP contribution in [0.15, 0.2) is 30.3 Å². The van der Waals surface area contributed by atoms with Gasteiger partial charge in [-0.05, 0) is 12.0 Å². The quantitative estimate of drug-likeness (QED) is 0.507. The Morgan fingerprint density at radius 2 is 1.94 bits per heavy atom. The van der Waals surface area contributed by atoms with Gasteiger partial charge in [-0.2, -0.15) is 0 Å². The molecule has 1 aromatic carbocycles. The molecule has 1 fully saturated rings. The first kappa shape index (κ1) is 12.6. The Balaban J connectivity index is 1.53. The Bertz CT molecular complexity index is 310. The van der Waals surface area contributed by atoms with Crippen molar-refractivity contribution in [2.75, 3.05) is 6.61 Å². The summed E-state index contributed by atoms with van der Waals surface area (Å²) in [5.41, 5.74) is 1.23. The van der Waals surface area contributed by atoms with Gasteiger partial charge in [-0.25, -0.2) is 0 Å². The average Bonchev–Trinajstić information content (AvgIpc) is 3.10. The number of hydrogen-bond acceptors (Lipinski definition) is 2. The van der Waals surface area contributed by atoms with Crippen LogP contribution in [0.4, 0.5) is 0 Å². The fourth-order valence-electron chi connectivity index (χ4n) is 2.04. The summed E-state index contributed by atoms with van der Waals surface area (Å²) in [6, 6.07) is 10.3. The highest BCUT2D eigenvalue weighted by Crippen LogP contribution is 2.27. The highest BCUT2D eigenvalue weighted by atomic mass is 16.6. The van der Waals surface area contributed by atoms with Gasteiger partial charge in [0.2, 0.25) is 0 Å². The van der Waals surface area contributed by atoms with E-state index >= 15 is 0 Å². The van der Waals surface area contributed by atoms with E-state index in [4.69, 9.17) is 9.47 Å². The number of ether oxygens (including phenoxy) is 2. The van der Waals surface area contributed by atoms with Gasteiger partial charge in [-0.15, -0.1) is 0 Å². The van der Waals surface area contributed by atoms with E-state index in [1.54, 1.807) is 0 Å². The predicted molar refractivity (Wildman–Crippen MR) is 68.9 cm³/mol. The smallest absolute Gasteiger partial charge is 0.107 e. The van der Waals surface area contributed by atoms with Gasteiger partial charge < -0.3 is 9.47 Å². The summed E-state index contributed by atoms with van der Waals surface area (Å²) in [5.74, 6) is 0. The lowest BCUT2D eigenvalue weighted by atomic mass is 10.1. The lowest BCUT2D eigenvalue weighted by molar-refractivity contribution is 0.104. The summed E-state index contributed by atoms with van der Waals surface area (Å²) in [7, 11) is 0. The van der Waals surface area contributed by atoms with E-state index in [9.17, 15) is 0 Å². The Morgan fingerprint density at radius 3 is 2.71 bits per heavy atom. The molecule has 1 aromatic rings. The molecule has 1 heterocycles. The van der Waals surface area contributed by atoms with Crippen molar-refractivity contribution in [1.82, 2.24) is 0 Å². The highest BCUT2D eigenvalue weighted by Gasteiger charge is 2.37. The first-order chi connectivity index (χ1) is 8.40. The minimum absolute atomic E-state index is 0.357. The van der Waals surface area contributed by atoms with Crippen molar-refractivity contribution in [3.8, 4) is 0 Å². The van der Waals surface area contributed by atoms with Crippen molar-refractivity contribution < 1.29 is 9.47 Å². The fraction of sp³-hybridized carbons (Fsp3) is 0.600. The van der Waals surface area contributed by atoms with E-state index in [0.717, 1.165) is 6.61 Å². The third kappa shape index (κ3) is 4.49. The molecule has 0 amide bonds. The summed E-state index contributed by atoms with van der Waals surface area (Å²) < 4.78 is 11.2. The molecule has 0 radical (unpaired) electrons. The minimum Gasteiger partial charge on any atom is -0.374 e. The zero-order chi connectivity index (χ0) is 11.9. The first-order valence-corrected chi connectivity index (χ1v) is 6.67. The lowest BCUT2D eigenvalue weighted by Gasteiger charge is -2.01. The predicted octanol–water partition coefficient (Wildman–Crippen LogP) is 3.55. The minimum atomic E-state index is 0.357. The fourth-order valence-corrected chi connectivity index (χ4v) is 2.04. The molecule has 0 N–H and O–H groups in total. The molecule has 94 valence electrons. The second kappa shape index (κ2) is 6.77. The molecule has 0 aliphatic carbocycles. The van der Waals surface area contributed by atoms with Gasteiger partial charge in [0, 0.05) is 0 Å². The molecular weight excluding hydrogens is 212 g/mol. The standard InChI is InChI=1S/C15H22O2/c1-2-3-5-10-14-15(17-14)12-16-11-13-8-6-4-7-9-13/h4,6-9,14-15H,2-3,5,10-12H2,1H3. The Hall–Kier alpha value is -0.860. The molecule has 2 atom stereocenters. The summed E-state index contributed by atoms with van der Waals surface area (Å²) >= 11 is 0. The molecule has 0 aromatic heterocycles. The highest BCUT2D eigenvalue weighted by molar-refractivity contribution is 5.13. The molecule has 2 heteroatoms. The molecular formula is C15H22O2. The third-order valence-electron chi connectivity index (χ3n) is 3.17. The number of unbranched alkanes of at least 4 members (excludes halogenated alkanes) is 2. The maximum atomic E-state index is 5.66. The van der Waals surface area contributed by atoms with Crippen molar-refractivity contribution in [3.63, 3.8) is 0 Å². The van der Waals surface area contributed by atoms with Gasteiger partial charge in [0.25, 0.3) is 0 Å². The third-order valence-corrected chi connectivity index (χ3v) is 3.17. The maximum Gasteiger partial charge on any atom is 0.107 e. The summed E-state index contributed by atoms with van der Waals surface area (Å²) in [5, 5.41) is 0. The average molecular weight is 234 g/mol. The SMILES string of the molecule is CCCCCC1OC1COCc1ccccc1. The van der Waals surface area contributed by atoms with Crippen LogP contribution in [-0.4, -0.2) is 18.8 Å². The van der Waals surface area contributed by atoms with Gasteiger partial charge >= 0.3 is 0 Å². The van der Waals surface area contributed by atoms with Crippen molar-refractivity contribution >= 4 is 0 Å². The maximum absolute atomic E-state index is 5.66. The van der Waals surface area contributed by atoms with Crippen LogP contribution in [0.5, 0.6) is 0 Å². The second-order valence-electron chi connectivity index (χ2n) is 4.71. The molecule has 2 nitrogen and oxygen atoms in total. The van der Waals surface area contributed by atoms with Crippen LogP contribution in [-0.2, 0) is 16.1 Å². The van der Waals surface area contributed by atoms with Crippen LogP contribution in [0.2, 0.25) is 0 Å². The van der Waals surface area contributed by atoms with Crippen molar-refractivity contribution in [2.45, 2.75) is 51.4 Å². The Labute approximate surface area is 104 Å². The van der Waals surface area contributed by atoms with Crippen LogP contribution in [0, 0.1) is 0 Å². The van der Waals surface area contributed by atoms with E-state index in [1.807, 2.05) is 18.2 Å². The van der Waals surface area contributed by atoms with E-state index in [-0.39, 0.29) is 0 Å². The largest absolute Gasteiger partial charge is 0.374 e. The van der Waals surface area contributed by atoms with Crippen LogP contribution < -0.4 is 0 Å². The monoisotopic (exact) mass is 234 g/mol. The Morgan fingerprint density at radius 1 is 1.12 bits per heavy atom. The van der Waals surface area contributed by atoms with Gasteiger partial charge in [0.1, 0.15) is 6.10 Å². The van der Waals surface area contributed by atoms with Crippen LogP contribution in [0.3, 0.4) is 0 Å². The van der Waals surface area contributed by atoms with Crippen LogP contribution in [0.1, 0.15) is 38.2 Å². The zero-order valence-corrected chi connectivity index (χ0v) is 10.6. The van der Waals surface area contributed by atoms with Crippen LogP contribution >= 0.6 is 0 Å². The molecule has 1 saturated heterocycles. The second-order valence-corrected chi connectivity index (χ2v) is 4.71. The number of hydrogen-bond donors (Lipinski definition) is 0. The van der Waals surface area contributed by atoms with Crippen molar-refractivity contribution in [2.24, 2.45) is 0 Å². The summed E-state index contributed by atoms with van der Waals surface area (Å²) in [6.07, 6.45) is 5.91. The number of benzene rings is 1. The van der Waals surface area contributed by atoms with Gasteiger partial charge in [-0.3, -0.25) is 0 Å². The molecule has 0 spiro atoms. The van der Waals surface area contributed by atoms with Gasteiger partial charge in [-0.1, -0.05) is 56.5 Å². The first-order valence-electron chi connectivity index (χ1n) is 6.67. The van der Waals surface area contributed by atoms with E-state index < -0.39 is 0 Å². The molecule has 1 aliphatic rings. The topological polar surface area (TPSA) is 21.8 Å². The zero-order valence-electron chi connectivity index (χ0n) is 10.6. The van der Waals surface area contributed by atoms with E-state index in [2.05, 4.69) is 19.1 Å². The molecule has 2 unspecified atom stereocenters. The molecule has 0 saturated carbocycles. The normalized spacial score (nSPS) is 22.6. The van der Waals surface area contributed by atoms with Gasteiger partial charge in [0.05, 0.1) is 19.3 Å². The van der Waals surface area contributed by atoms with Crippen molar-refractivity contribution in [1.29, 1.82) is 0 Å². The summed E-state index contributed by atoms with van der Waals surface area (Å²) in [6.45, 7) is 3.67. The van der Waals surface area contributed by atoms with Crippen LogP contribution in [0.25, 0.3) is 0 Å². The molecule has 2 rings (SSSR count). The molecule has 17 heavy (non-hydrogen) atoms. The number of epoxide rings is 1. The van der Waals surface area contributed by atoms with Gasteiger partial charge in [0.15, 0.2) is 0 Å². The molecule has 1 aliphatic heterocycles. The van der Waals surface area contributed by atoms with E-state index in [0.29, 0.717) is 18.8 Å². The lowest BCUT2D eigenvalue weighted by Crippen LogP contribution is -2.05. The Kier molecular flexibility index (Phi) is 5.02. The van der Waals surface area contributed by atoms with Crippen molar-refractivity contribution in [3.05, 3.63) is 35.9 Å². The number of rotatable bonds is 8.